The topological polar surface area (TPSA) is 58.2 Å². The number of aromatic amines is 1. The first-order valence-corrected chi connectivity index (χ1v) is 8.72. The van der Waals surface area contributed by atoms with E-state index in [0.717, 1.165) is 49.3 Å². The van der Waals surface area contributed by atoms with Gasteiger partial charge in [-0.25, -0.2) is 0 Å². The highest BCUT2D eigenvalue weighted by Crippen LogP contribution is 2.26. The van der Waals surface area contributed by atoms with E-state index in [2.05, 4.69) is 15.1 Å². The third-order valence-corrected chi connectivity index (χ3v) is 4.62. The second kappa shape index (κ2) is 7.81. The zero-order valence-corrected chi connectivity index (χ0v) is 14.6. The Morgan fingerprint density at radius 2 is 2.21 bits per heavy atom. The molecule has 0 radical (unpaired) electrons. The molecule has 24 heavy (non-hydrogen) atoms. The van der Waals surface area contributed by atoms with E-state index in [0.29, 0.717) is 11.6 Å². The van der Waals surface area contributed by atoms with Gasteiger partial charge in [0.15, 0.2) is 0 Å². The van der Waals surface area contributed by atoms with E-state index >= 15 is 0 Å². The highest BCUT2D eigenvalue weighted by molar-refractivity contribution is 6.30. The minimum atomic E-state index is -0.0766. The Morgan fingerprint density at radius 1 is 1.42 bits per heavy atom. The standard InChI is InChI=1S/C18H22ClN3O2/c1-2-24-18(23)14-4-3-9-22(11-14)12-15-10-20-21-17(15)13-5-7-16(19)8-6-13/h5-8,10,14H,2-4,9,11-12H2,1H3,(H,20,21)/t14-/m1/s1. The summed E-state index contributed by atoms with van der Waals surface area (Å²) >= 11 is 5.96. The SMILES string of the molecule is CCOC(=O)[C@@H]1CCCN(Cc2cn[nH]c2-c2ccc(Cl)cc2)C1. The van der Waals surface area contributed by atoms with Gasteiger partial charge in [-0.1, -0.05) is 23.7 Å². The zero-order valence-electron chi connectivity index (χ0n) is 13.8. The molecule has 2 heterocycles. The Hall–Kier alpha value is -1.85. The van der Waals surface area contributed by atoms with E-state index in [1.54, 1.807) is 0 Å². The van der Waals surface area contributed by atoms with Gasteiger partial charge < -0.3 is 4.74 Å². The minimum absolute atomic E-state index is 0.0235. The summed E-state index contributed by atoms with van der Waals surface area (Å²) in [5.74, 6) is -0.100. The van der Waals surface area contributed by atoms with E-state index in [9.17, 15) is 4.79 Å². The molecule has 3 rings (SSSR count). The number of esters is 1. The van der Waals surface area contributed by atoms with Crippen molar-refractivity contribution < 1.29 is 9.53 Å². The van der Waals surface area contributed by atoms with E-state index in [-0.39, 0.29) is 11.9 Å². The van der Waals surface area contributed by atoms with E-state index in [1.165, 1.54) is 0 Å². The molecule has 5 nitrogen and oxygen atoms in total. The van der Waals surface area contributed by atoms with Crippen LogP contribution in [0, 0.1) is 5.92 Å². The van der Waals surface area contributed by atoms with Crippen LogP contribution in [0.3, 0.4) is 0 Å². The second-order valence-electron chi connectivity index (χ2n) is 6.10. The number of nitrogens with zero attached hydrogens (tertiary/aromatic N) is 2. The number of hydrogen-bond acceptors (Lipinski definition) is 4. The van der Waals surface area contributed by atoms with Crippen molar-refractivity contribution in [2.24, 2.45) is 5.92 Å². The van der Waals surface area contributed by atoms with Crippen molar-refractivity contribution in [2.45, 2.75) is 26.3 Å². The molecule has 1 fully saturated rings. The van der Waals surface area contributed by atoms with Crippen LogP contribution in [0.5, 0.6) is 0 Å². The summed E-state index contributed by atoms with van der Waals surface area (Å²) in [7, 11) is 0. The summed E-state index contributed by atoms with van der Waals surface area (Å²) in [5.41, 5.74) is 3.19. The molecule has 1 atom stereocenters. The predicted molar refractivity (Wildman–Crippen MR) is 93.7 cm³/mol. The van der Waals surface area contributed by atoms with Crippen molar-refractivity contribution in [2.75, 3.05) is 19.7 Å². The molecule has 0 amide bonds. The number of likely N-dealkylation sites (tertiary alicyclic amines) is 1. The highest BCUT2D eigenvalue weighted by Gasteiger charge is 2.27. The van der Waals surface area contributed by atoms with Gasteiger partial charge in [0, 0.05) is 23.7 Å². The number of carbonyl (C=O) groups is 1. The maximum absolute atomic E-state index is 12.0. The Labute approximate surface area is 147 Å². The summed E-state index contributed by atoms with van der Waals surface area (Å²) < 4.78 is 5.17. The van der Waals surface area contributed by atoms with Crippen LogP contribution in [0.25, 0.3) is 11.3 Å². The van der Waals surface area contributed by atoms with Gasteiger partial charge in [-0.05, 0) is 44.0 Å². The molecule has 1 saturated heterocycles. The molecule has 0 unspecified atom stereocenters. The first kappa shape index (κ1) is 17.0. The lowest BCUT2D eigenvalue weighted by atomic mass is 9.97. The number of ether oxygens (including phenoxy) is 1. The number of piperidine rings is 1. The maximum Gasteiger partial charge on any atom is 0.310 e. The van der Waals surface area contributed by atoms with Crippen LogP contribution >= 0.6 is 11.6 Å². The molecular weight excluding hydrogens is 326 g/mol. The van der Waals surface area contributed by atoms with E-state index < -0.39 is 0 Å². The number of benzene rings is 1. The summed E-state index contributed by atoms with van der Waals surface area (Å²) in [6, 6.07) is 7.71. The van der Waals surface area contributed by atoms with Crippen molar-refractivity contribution in [3.05, 3.63) is 41.0 Å². The van der Waals surface area contributed by atoms with Gasteiger partial charge in [0.05, 0.1) is 24.4 Å². The van der Waals surface area contributed by atoms with Crippen molar-refractivity contribution in [3.8, 4) is 11.3 Å². The van der Waals surface area contributed by atoms with E-state index in [1.807, 2.05) is 37.4 Å². The normalized spacial score (nSPS) is 18.5. The number of halogens is 1. The largest absolute Gasteiger partial charge is 0.466 e. The average Bonchev–Trinajstić information content (AvgIpc) is 3.04. The van der Waals surface area contributed by atoms with Gasteiger partial charge in [-0.3, -0.25) is 14.8 Å². The molecule has 0 saturated carbocycles. The molecular formula is C18H22ClN3O2. The van der Waals surface area contributed by atoms with Crippen molar-refractivity contribution in [1.82, 2.24) is 15.1 Å². The number of hydrogen-bond donors (Lipinski definition) is 1. The fourth-order valence-corrected chi connectivity index (χ4v) is 3.32. The summed E-state index contributed by atoms with van der Waals surface area (Å²) in [6.07, 6.45) is 3.78. The smallest absolute Gasteiger partial charge is 0.310 e. The van der Waals surface area contributed by atoms with Crippen molar-refractivity contribution in [1.29, 1.82) is 0 Å². The lowest BCUT2D eigenvalue weighted by molar-refractivity contribution is -0.150. The van der Waals surface area contributed by atoms with Crippen LogP contribution in [0.15, 0.2) is 30.5 Å². The monoisotopic (exact) mass is 347 g/mol. The quantitative estimate of drug-likeness (QED) is 0.841. The molecule has 2 aromatic rings. The van der Waals surface area contributed by atoms with Crippen LogP contribution in [-0.4, -0.2) is 40.8 Å². The third kappa shape index (κ3) is 3.97. The van der Waals surface area contributed by atoms with Gasteiger partial charge in [0.25, 0.3) is 0 Å². The molecule has 1 aliphatic heterocycles. The Morgan fingerprint density at radius 3 is 2.96 bits per heavy atom. The average molecular weight is 348 g/mol. The van der Waals surface area contributed by atoms with Crippen LogP contribution in [0.4, 0.5) is 0 Å². The van der Waals surface area contributed by atoms with Gasteiger partial charge >= 0.3 is 5.97 Å². The number of rotatable bonds is 5. The van der Waals surface area contributed by atoms with E-state index in [4.69, 9.17) is 16.3 Å². The fourth-order valence-electron chi connectivity index (χ4n) is 3.19. The van der Waals surface area contributed by atoms with Gasteiger partial charge in [0.2, 0.25) is 0 Å². The fraction of sp³-hybridized carbons (Fsp3) is 0.444. The van der Waals surface area contributed by atoms with Crippen LogP contribution in [-0.2, 0) is 16.1 Å². The van der Waals surface area contributed by atoms with Crippen molar-refractivity contribution in [3.63, 3.8) is 0 Å². The van der Waals surface area contributed by atoms with Gasteiger partial charge in [-0.2, -0.15) is 5.10 Å². The first-order valence-electron chi connectivity index (χ1n) is 8.34. The lowest BCUT2D eigenvalue weighted by Crippen LogP contribution is -2.38. The molecule has 0 bridgehead atoms. The number of H-pyrrole nitrogens is 1. The predicted octanol–water partition coefficient (Wildman–Crippen LogP) is 3.51. The molecule has 128 valence electrons. The van der Waals surface area contributed by atoms with Crippen molar-refractivity contribution >= 4 is 17.6 Å². The Kier molecular flexibility index (Phi) is 5.53. The Bertz CT molecular complexity index is 684. The van der Waals surface area contributed by atoms with Crippen LogP contribution in [0.1, 0.15) is 25.3 Å². The molecule has 1 aromatic carbocycles. The Balaban J connectivity index is 1.69. The second-order valence-corrected chi connectivity index (χ2v) is 6.54. The molecule has 1 aromatic heterocycles. The molecule has 6 heteroatoms. The lowest BCUT2D eigenvalue weighted by Gasteiger charge is -2.31. The maximum atomic E-state index is 12.0. The zero-order chi connectivity index (χ0) is 16.9. The number of carbonyl (C=O) groups excluding carboxylic acids is 1. The minimum Gasteiger partial charge on any atom is -0.466 e. The number of aromatic nitrogens is 2. The molecule has 0 spiro atoms. The third-order valence-electron chi connectivity index (χ3n) is 4.37. The van der Waals surface area contributed by atoms with Crippen LogP contribution < -0.4 is 0 Å². The molecule has 1 N–H and O–H groups in total. The summed E-state index contributed by atoms with van der Waals surface area (Å²) in [5, 5.41) is 7.98. The number of nitrogens with one attached hydrogen (secondary N) is 1. The first-order chi connectivity index (χ1) is 11.7. The van der Waals surface area contributed by atoms with Crippen LogP contribution in [0.2, 0.25) is 5.02 Å². The summed E-state index contributed by atoms with van der Waals surface area (Å²) in [4.78, 5) is 14.3. The highest BCUT2D eigenvalue weighted by atomic mass is 35.5. The molecule has 0 aliphatic carbocycles. The summed E-state index contributed by atoms with van der Waals surface area (Å²) in [6.45, 7) is 4.79. The van der Waals surface area contributed by atoms with Gasteiger partial charge in [-0.15, -0.1) is 0 Å². The molecule has 1 aliphatic rings. The van der Waals surface area contributed by atoms with Gasteiger partial charge in [0.1, 0.15) is 0 Å².